The summed E-state index contributed by atoms with van der Waals surface area (Å²) >= 11 is 1.28. The molecule has 3 aliphatic carbocycles. The summed E-state index contributed by atoms with van der Waals surface area (Å²) in [5, 5.41) is 14.7. The summed E-state index contributed by atoms with van der Waals surface area (Å²) in [6.07, 6.45) is 5.35. The molecule has 128 valence electrons. The van der Waals surface area contributed by atoms with Crippen LogP contribution in [0, 0.1) is 37.5 Å². The number of aliphatic carboxylic acids is 1. The minimum Gasteiger partial charge on any atom is -0.550 e. The molecule has 1 heterocycles. The number of carbonyl (C=O) groups is 3. The van der Waals surface area contributed by atoms with Crippen LogP contribution >= 0.6 is 11.3 Å². The second-order valence-corrected chi connectivity index (χ2v) is 7.73. The van der Waals surface area contributed by atoms with Crippen molar-refractivity contribution in [2.24, 2.45) is 29.4 Å². The minimum atomic E-state index is -1.19. The van der Waals surface area contributed by atoms with Gasteiger partial charge in [0, 0.05) is 16.8 Å². The van der Waals surface area contributed by atoms with Gasteiger partial charge in [-0.3, -0.25) is 9.59 Å². The van der Waals surface area contributed by atoms with Crippen molar-refractivity contribution in [3.8, 4) is 0 Å². The third-order valence-electron chi connectivity index (χ3n) is 5.19. The van der Waals surface area contributed by atoms with Crippen LogP contribution in [-0.2, 0) is 9.59 Å². The minimum absolute atomic E-state index is 0.114. The van der Waals surface area contributed by atoms with Crippen molar-refractivity contribution in [2.75, 3.05) is 5.32 Å². The number of nitrogens with one attached hydrogen (secondary N) is 1. The van der Waals surface area contributed by atoms with Crippen LogP contribution in [0.25, 0.3) is 0 Å². The van der Waals surface area contributed by atoms with Gasteiger partial charge in [-0.25, -0.2) is 0 Å². The highest BCUT2D eigenvalue weighted by atomic mass is 32.1. The number of hydrogen-bond acceptors (Lipinski definition) is 5. The third-order valence-corrected chi connectivity index (χ3v) is 6.31. The number of thiophene rings is 1. The molecule has 24 heavy (non-hydrogen) atoms. The van der Waals surface area contributed by atoms with Gasteiger partial charge in [-0.1, -0.05) is 12.2 Å². The Bertz CT molecular complexity index is 752. The summed E-state index contributed by atoms with van der Waals surface area (Å²) in [4.78, 5) is 36.9. The summed E-state index contributed by atoms with van der Waals surface area (Å²) < 4.78 is 0. The second kappa shape index (κ2) is 6.05. The van der Waals surface area contributed by atoms with Crippen LogP contribution in [0.3, 0.4) is 0 Å². The SMILES string of the molecule is Cc1sc(NC(=O)[C@H]2[C@@H](C(=O)[O-])[C@H]3C=C[C@@H]2CC3)c(C(N)=O)c1C. The normalized spacial score (nSPS) is 27.9. The van der Waals surface area contributed by atoms with Crippen molar-refractivity contribution in [2.45, 2.75) is 26.7 Å². The van der Waals surface area contributed by atoms with Gasteiger partial charge >= 0.3 is 0 Å². The Morgan fingerprint density at radius 2 is 1.75 bits per heavy atom. The highest BCUT2D eigenvalue weighted by Gasteiger charge is 2.45. The maximum atomic E-state index is 12.8. The number of aryl methyl sites for hydroxylation is 1. The molecular formula is C17H19N2O4S-. The lowest BCUT2D eigenvalue weighted by Gasteiger charge is -2.44. The molecule has 2 amide bonds. The lowest BCUT2D eigenvalue weighted by atomic mass is 9.62. The summed E-state index contributed by atoms with van der Waals surface area (Å²) in [5.41, 5.74) is 6.46. The van der Waals surface area contributed by atoms with Gasteiger partial charge in [0.05, 0.1) is 11.5 Å². The van der Waals surface area contributed by atoms with Crippen molar-refractivity contribution >= 4 is 34.1 Å². The van der Waals surface area contributed by atoms with Crippen LogP contribution in [0.2, 0.25) is 0 Å². The Hall–Kier alpha value is -2.15. The van der Waals surface area contributed by atoms with Crippen molar-refractivity contribution in [1.29, 1.82) is 0 Å². The fraction of sp³-hybridized carbons (Fsp3) is 0.471. The number of carboxylic acids is 1. The van der Waals surface area contributed by atoms with Crippen molar-refractivity contribution in [1.82, 2.24) is 0 Å². The zero-order chi connectivity index (χ0) is 17.6. The molecule has 1 saturated carbocycles. The average molecular weight is 347 g/mol. The molecule has 7 heteroatoms. The van der Waals surface area contributed by atoms with E-state index in [9.17, 15) is 19.5 Å². The van der Waals surface area contributed by atoms with E-state index in [-0.39, 0.29) is 17.7 Å². The molecule has 0 aromatic carbocycles. The van der Waals surface area contributed by atoms with Crippen molar-refractivity contribution in [3.05, 3.63) is 28.2 Å². The Morgan fingerprint density at radius 1 is 1.17 bits per heavy atom. The van der Waals surface area contributed by atoms with E-state index in [1.165, 1.54) is 11.3 Å². The van der Waals surface area contributed by atoms with Gasteiger partial charge in [-0.15, -0.1) is 11.3 Å². The fourth-order valence-electron chi connectivity index (χ4n) is 3.88. The quantitative estimate of drug-likeness (QED) is 0.791. The first-order chi connectivity index (χ1) is 11.3. The Morgan fingerprint density at radius 3 is 2.25 bits per heavy atom. The van der Waals surface area contributed by atoms with Crippen LogP contribution < -0.4 is 16.2 Å². The van der Waals surface area contributed by atoms with E-state index in [1.807, 2.05) is 19.1 Å². The number of hydrogen-bond donors (Lipinski definition) is 2. The number of allylic oxidation sites excluding steroid dienone is 2. The molecular weight excluding hydrogens is 328 g/mol. The van der Waals surface area contributed by atoms with Gasteiger partial charge < -0.3 is 21.0 Å². The summed E-state index contributed by atoms with van der Waals surface area (Å²) in [5.74, 6) is -3.96. The molecule has 1 aromatic rings. The van der Waals surface area contributed by atoms with Crippen LogP contribution in [0.4, 0.5) is 5.00 Å². The molecule has 3 aliphatic rings. The lowest BCUT2D eigenvalue weighted by Crippen LogP contribution is -2.51. The number of anilines is 1. The van der Waals surface area contributed by atoms with E-state index in [4.69, 9.17) is 5.73 Å². The summed E-state index contributed by atoms with van der Waals surface area (Å²) in [7, 11) is 0. The predicted molar refractivity (Wildman–Crippen MR) is 88.3 cm³/mol. The van der Waals surface area contributed by atoms with Gasteiger partial charge in [0.2, 0.25) is 5.91 Å². The van der Waals surface area contributed by atoms with E-state index in [0.717, 1.165) is 23.3 Å². The maximum Gasteiger partial charge on any atom is 0.251 e. The molecule has 4 rings (SSSR count). The van der Waals surface area contributed by atoms with Crippen LogP contribution in [0.1, 0.15) is 33.6 Å². The number of rotatable bonds is 4. The standard InChI is InChI=1S/C17H20N2O4S/c1-7-8(2)24-16(11(7)14(18)20)19-15(21)12-9-3-5-10(6-4-9)13(12)17(22)23/h3,5,9-10,12-13H,4,6H2,1-2H3,(H2,18,20)(H,19,21)(H,22,23)/p-1/t9-,10+,12-,13+/m1/s1. The molecule has 1 fully saturated rings. The fourth-order valence-corrected chi connectivity index (χ4v) is 4.95. The lowest BCUT2D eigenvalue weighted by molar-refractivity contribution is -0.316. The first-order valence-electron chi connectivity index (χ1n) is 7.91. The number of amides is 2. The van der Waals surface area contributed by atoms with E-state index in [1.54, 1.807) is 6.92 Å². The summed E-state index contributed by atoms with van der Waals surface area (Å²) in [6.45, 7) is 3.62. The molecule has 4 atom stereocenters. The first kappa shape index (κ1) is 16.7. The first-order valence-corrected chi connectivity index (χ1v) is 8.72. The number of nitrogens with two attached hydrogens (primary N) is 1. The van der Waals surface area contributed by atoms with Crippen LogP contribution in [-0.4, -0.2) is 17.8 Å². The molecule has 3 N–H and O–H groups in total. The third kappa shape index (κ3) is 2.62. The van der Waals surface area contributed by atoms with Crippen molar-refractivity contribution in [3.63, 3.8) is 0 Å². The van der Waals surface area contributed by atoms with E-state index < -0.39 is 23.7 Å². The molecule has 2 bridgehead atoms. The zero-order valence-corrected chi connectivity index (χ0v) is 14.3. The Kier molecular flexibility index (Phi) is 4.21. The second-order valence-electron chi connectivity index (χ2n) is 6.50. The van der Waals surface area contributed by atoms with Crippen molar-refractivity contribution < 1.29 is 19.5 Å². The van der Waals surface area contributed by atoms with Gasteiger partial charge in [-0.05, 0) is 44.1 Å². The van der Waals surface area contributed by atoms with Crippen LogP contribution in [0.15, 0.2) is 12.2 Å². The van der Waals surface area contributed by atoms with Gasteiger partial charge in [0.15, 0.2) is 0 Å². The molecule has 0 saturated heterocycles. The number of fused-ring (bicyclic) bond motifs is 2. The average Bonchev–Trinajstić information content (AvgIpc) is 2.81. The van der Waals surface area contributed by atoms with Gasteiger partial charge in [-0.2, -0.15) is 0 Å². The highest BCUT2D eigenvalue weighted by molar-refractivity contribution is 7.16. The van der Waals surface area contributed by atoms with Gasteiger partial charge in [0.25, 0.3) is 5.91 Å². The monoisotopic (exact) mass is 347 g/mol. The number of primary amides is 1. The Balaban J connectivity index is 1.90. The van der Waals surface area contributed by atoms with Crippen LogP contribution in [0.5, 0.6) is 0 Å². The summed E-state index contributed by atoms with van der Waals surface area (Å²) in [6, 6.07) is 0. The highest BCUT2D eigenvalue weighted by Crippen LogP contribution is 2.45. The predicted octanol–water partition coefficient (Wildman–Crippen LogP) is 0.981. The smallest absolute Gasteiger partial charge is 0.251 e. The molecule has 1 aromatic heterocycles. The molecule has 0 aliphatic heterocycles. The van der Waals surface area contributed by atoms with Gasteiger partial charge in [0.1, 0.15) is 5.00 Å². The Labute approximate surface area is 143 Å². The molecule has 0 unspecified atom stereocenters. The molecule has 0 spiro atoms. The molecule has 6 nitrogen and oxygen atoms in total. The number of carboxylic acid groups (broad SMARTS) is 1. The maximum absolute atomic E-state index is 12.8. The number of carbonyl (C=O) groups excluding carboxylic acids is 3. The largest absolute Gasteiger partial charge is 0.550 e. The van der Waals surface area contributed by atoms with E-state index in [0.29, 0.717) is 10.6 Å². The topological polar surface area (TPSA) is 112 Å². The van der Waals surface area contributed by atoms with E-state index in [2.05, 4.69) is 5.32 Å². The molecule has 0 radical (unpaired) electrons. The van der Waals surface area contributed by atoms with E-state index >= 15 is 0 Å². The zero-order valence-electron chi connectivity index (χ0n) is 13.5.